The van der Waals surface area contributed by atoms with Gasteiger partial charge >= 0.3 is 0 Å². The van der Waals surface area contributed by atoms with Crippen LogP contribution < -0.4 is 5.32 Å². The van der Waals surface area contributed by atoms with E-state index in [2.05, 4.69) is 19.2 Å². The fourth-order valence-corrected chi connectivity index (χ4v) is 4.28. The molecule has 0 aromatic heterocycles. The molecular formula is C24H47NO6. The number of hydrogen-bond donors (Lipinski definition) is 3. The van der Waals surface area contributed by atoms with Gasteiger partial charge < -0.3 is 29.7 Å². The van der Waals surface area contributed by atoms with Crippen molar-refractivity contribution < 1.29 is 29.2 Å². The highest BCUT2D eigenvalue weighted by Gasteiger charge is 2.47. The third kappa shape index (κ3) is 7.97. The molecule has 7 nitrogen and oxygen atoms in total. The van der Waals surface area contributed by atoms with Gasteiger partial charge in [0.1, 0.15) is 6.10 Å². The van der Waals surface area contributed by atoms with Gasteiger partial charge in [0.15, 0.2) is 12.3 Å². The molecule has 0 aliphatic carbocycles. The third-order valence-corrected chi connectivity index (χ3v) is 6.80. The number of amides is 1. The summed E-state index contributed by atoms with van der Waals surface area (Å²) >= 11 is 0. The van der Waals surface area contributed by atoms with Crippen molar-refractivity contribution in [1.82, 2.24) is 5.32 Å². The number of ether oxygens (including phenoxy) is 3. The van der Waals surface area contributed by atoms with E-state index in [0.29, 0.717) is 18.8 Å². The van der Waals surface area contributed by atoms with Crippen molar-refractivity contribution in [2.45, 2.75) is 117 Å². The number of methoxy groups -OCH3 is 2. The van der Waals surface area contributed by atoms with Crippen LogP contribution in [0.5, 0.6) is 0 Å². The Morgan fingerprint density at radius 2 is 1.77 bits per heavy atom. The van der Waals surface area contributed by atoms with Gasteiger partial charge in [0, 0.05) is 26.1 Å². The predicted molar refractivity (Wildman–Crippen MR) is 122 cm³/mol. The number of hydrogen-bond acceptors (Lipinski definition) is 6. The molecule has 1 fully saturated rings. The maximum atomic E-state index is 12.8. The van der Waals surface area contributed by atoms with Crippen molar-refractivity contribution in [3.05, 3.63) is 0 Å². The summed E-state index contributed by atoms with van der Waals surface area (Å²) < 4.78 is 17.3. The molecule has 0 bridgehead atoms. The molecule has 1 aliphatic heterocycles. The Morgan fingerprint density at radius 1 is 1.19 bits per heavy atom. The number of aliphatic hydroxyl groups is 2. The van der Waals surface area contributed by atoms with Gasteiger partial charge in [-0.15, -0.1) is 0 Å². The standard InChI is InChI=1S/C24H47NO6/c1-10-15(11-2)12-19-24(6,7)18(26)13-16(31-19)22(30-9)25-21(28)20(27)17(29-8)14-23(3,4)5/h15-20,22,26-27H,10-14H2,1-9H3,(H,25,28). The molecule has 1 heterocycles. The van der Waals surface area contributed by atoms with Crippen molar-refractivity contribution in [2.75, 3.05) is 14.2 Å². The topological polar surface area (TPSA) is 97.3 Å². The first-order chi connectivity index (χ1) is 14.3. The van der Waals surface area contributed by atoms with E-state index in [4.69, 9.17) is 14.2 Å². The van der Waals surface area contributed by atoms with Gasteiger partial charge in [-0.05, 0) is 24.2 Å². The zero-order chi connectivity index (χ0) is 24.0. The van der Waals surface area contributed by atoms with E-state index in [-0.39, 0.29) is 11.5 Å². The number of rotatable bonds is 11. The molecule has 184 valence electrons. The smallest absolute Gasteiger partial charge is 0.253 e. The highest BCUT2D eigenvalue weighted by atomic mass is 16.6. The Balaban J connectivity index is 2.91. The first kappa shape index (κ1) is 28.3. The molecule has 7 heteroatoms. The molecule has 6 unspecified atom stereocenters. The number of carbonyl (C=O) groups excluding carboxylic acids is 1. The van der Waals surface area contributed by atoms with Crippen molar-refractivity contribution in [3.63, 3.8) is 0 Å². The summed E-state index contributed by atoms with van der Waals surface area (Å²) in [4.78, 5) is 12.8. The Morgan fingerprint density at radius 3 is 2.23 bits per heavy atom. The van der Waals surface area contributed by atoms with Crippen LogP contribution in [0.3, 0.4) is 0 Å². The largest absolute Gasteiger partial charge is 0.392 e. The van der Waals surface area contributed by atoms with Gasteiger partial charge in [-0.2, -0.15) is 0 Å². The van der Waals surface area contributed by atoms with Crippen LogP contribution in [0.1, 0.15) is 80.6 Å². The van der Waals surface area contributed by atoms with Crippen LogP contribution in [-0.4, -0.2) is 67.1 Å². The van der Waals surface area contributed by atoms with Crippen molar-refractivity contribution >= 4 is 5.91 Å². The highest BCUT2D eigenvalue weighted by molar-refractivity contribution is 5.81. The second-order valence-corrected chi connectivity index (χ2v) is 10.8. The van der Waals surface area contributed by atoms with E-state index in [1.165, 1.54) is 14.2 Å². The quantitative estimate of drug-likeness (QED) is 0.422. The van der Waals surface area contributed by atoms with Crippen LogP contribution in [0.25, 0.3) is 0 Å². The van der Waals surface area contributed by atoms with Crippen molar-refractivity contribution in [3.8, 4) is 0 Å². The van der Waals surface area contributed by atoms with Gasteiger partial charge in [-0.3, -0.25) is 4.79 Å². The molecule has 1 amide bonds. The Bertz CT molecular complexity index is 543. The molecule has 31 heavy (non-hydrogen) atoms. The van der Waals surface area contributed by atoms with E-state index in [1.807, 2.05) is 34.6 Å². The molecule has 0 radical (unpaired) electrons. The summed E-state index contributed by atoms with van der Waals surface area (Å²) in [5, 5.41) is 24.2. The van der Waals surface area contributed by atoms with E-state index >= 15 is 0 Å². The zero-order valence-electron chi connectivity index (χ0n) is 21.1. The molecule has 0 aromatic rings. The monoisotopic (exact) mass is 445 g/mol. The summed E-state index contributed by atoms with van der Waals surface area (Å²) in [6.45, 7) is 14.5. The average Bonchev–Trinajstić information content (AvgIpc) is 2.69. The van der Waals surface area contributed by atoms with Crippen LogP contribution in [0, 0.1) is 16.7 Å². The number of aliphatic hydroxyl groups excluding tert-OH is 2. The second kappa shape index (κ2) is 11.9. The van der Waals surface area contributed by atoms with Crippen molar-refractivity contribution in [2.24, 2.45) is 16.7 Å². The first-order valence-electron chi connectivity index (χ1n) is 11.7. The minimum atomic E-state index is -1.33. The number of carbonyl (C=O) groups is 1. The summed E-state index contributed by atoms with van der Waals surface area (Å²) in [6.07, 6.45) is -0.155. The van der Waals surface area contributed by atoms with E-state index in [0.717, 1.165) is 19.3 Å². The molecule has 1 rings (SSSR count). The minimum Gasteiger partial charge on any atom is -0.392 e. The Kier molecular flexibility index (Phi) is 10.9. The molecular weight excluding hydrogens is 398 g/mol. The summed E-state index contributed by atoms with van der Waals surface area (Å²) in [6, 6.07) is 0. The molecule has 0 aromatic carbocycles. The van der Waals surface area contributed by atoms with E-state index in [9.17, 15) is 15.0 Å². The van der Waals surface area contributed by atoms with Gasteiger partial charge in [0.05, 0.1) is 18.3 Å². The second-order valence-electron chi connectivity index (χ2n) is 10.8. The number of nitrogens with one attached hydrogen (secondary N) is 1. The lowest BCUT2D eigenvalue weighted by atomic mass is 9.72. The van der Waals surface area contributed by atoms with Gasteiger partial charge in [-0.25, -0.2) is 0 Å². The van der Waals surface area contributed by atoms with E-state index in [1.54, 1.807) is 0 Å². The minimum absolute atomic E-state index is 0.104. The average molecular weight is 446 g/mol. The maximum absolute atomic E-state index is 12.8. The van der Waals surface area contributed by atoms with Crippen LogP contribution in [0.2, 0.25) is 0 Å². The molecule has 1 aliphatic rings. The van der Waals surface area contributed by atoms with E-state index < -0.39 is 42.0 Å². The summed E-state index contributed by atoms with van der Waals surface area (Å²) in [5.74, 6) is -0.0603. The zero-order valence-corrected chi connectivity index (χ0v) is 21.1. The molecule has 0 saturated carbocycles. The van der Waals surface area contributed by atoms with Crippen LogP contribution in [0.15, 0.2) is 0 Å². The molecule has 0 spiro atoms. The summed E-state index contributed by atoms with van der Waals surface area (Å²) in [5.41, 5.74) is -0.498. The fourth-order valence-electron chi connectivity index (χ4n) is 4.28. The molecule has 6 atom stereocenters. The fraction of sp³-hybridized carbons (Fsp3) is 0.958. The molecule has 1 saturated heterocycles. The van der Waals surface area contributed by atoms with Gasteiger partial charge in [0.2, 0.25) is 0 Å². The lowest BCUT2D eigenvalue weighted by molar-refractivity contribution is -0.212. The molecule has 3 N–H and O–H groups in total. The van der Waals surface area contributed by atoms with Gasteiger partial charge in [0.25, 0.3) is 5.91 Å². The maximum Gasteiger partial charge on any atom is 0.253 e. The lowest BCUT2D eigenvalue weighted by Gasteiger charge is -2.48. The normalized spacial score (nSPS) is 27.0. The predicted octanol–water partition coefficient (Wildman–Crippen LogP) is 3.26. The Labute approximate surface area is 189 Å². The van der Waals surface area contributed by atoms with Crippen LogP contribution in [0.4, 0.5) is 0 Å². The van der Waals surface area contributed by atoms with Crippen molar-refractivity contribution in [1.29, 1.82) is 0 Å². The first-order valence-corrected chi connectivity index (χ1v) is 11.7. The van der Waals surface area contributed by atoms with Gasteiger partial charge in [-0.1, -0.05) is 61.3 Å². The summed E-state index contributed by atoms with van der Waals surface area (Å²) in [7, 11) is 2.98. The lowest BCUT2D eigenvalue weighted by Crippen LogP contribution is -2.59. The Hall–Kier alpha value is -0.730. The third-order valence-electron chi connectivity index (χ3n) is 6.80. The van der Waals surface area contributed by atoms with Crippen LogP contribution in [-0.2, 0) is 19.0 Å². The van der Waals surface area contributed by atoms with Crippen LogP contribution >= 0.6 is 0 Å². The SMILES string of the molecule is CCC(CC)CC1OC(C(NC(=O)C(O)C(CC(C)(C)C)OC)OC)CC(O)C1(C)C. The highest BCUT2D eigenvalue weighted by Crippen LogP contribution is 2.41.